The minimum absolute atomic E-state index is 0.0775. The van der Waals surface area contributed by atoms with Crippen molar-refractivity contribution in [1.82, 2.24) is 4.72 Å². The molecule has 2 N–H and O–H groups in total. The lowest BCUT2D eigenvalue weighted by Gasteiger charge is -2.21. The highest BCUT2D eigenvalue weighted by molar-refractivity contribution is 7.89. The average Bonchev–Trinajstić information content (AvgIpc) is 3.14. The second-order valence-corrected chi connectivity index (χ2v) is 10.7. The van der Waals surface area contributed by atoms with E-state index in [-0.39, 0.29) is 10.8 Å². The summed E-state index contributed by atoms with van der Waals surface area (Å²) in [5, 5.41) is 2.91. The third kappa shape index (κ3) is 5.21. The van der Waals surface area contributed by atoms with Crippen LogP contribution in [-0.4, -0.2) is 33.0 Å². The summed E-state index contributed by atoms with van der Waals surface area (Å²) in [6, 6.07) is 10.5. The molecule has 1 amide bonds. The van der Waals surface area contributed by atoms with Gasteiger partial charge in [0.1, 0.15) is 0 Å². The van der Waals surface area contributed by atoms with Gasteiger partial charge in [-0.05, 0) is 88.9 Å². The van der Waals surface area contributed by atoms with Gasteiger partial charge in [-0.1, -0.05) is 6.07 Å². The topological polar surface area (TPSA) is 78.5 Å². The molecule has 162 valence electrons. The molecule has 2 aromatic carbocycles. The highest BCUT2D eigenvalue weighted by atomic mass is 32.2. The molecule has 0 aliphatic carbocycles. The molecule has 6 nitrogen and oxygen atoms in total. The van der Waals surface area contributed by atoms with E-state index in [1.165, 1.54) is 30.7 Å². The fourth-order valence-electron chi connectivity index (χ4n) is 3.72. The molecule has 0 radical (unpaired) electrons. The number of carbonyl (C=O) groups is 1. The third-order valence-corrected chi connectivity index (χ3v) is 6.86. The number of nitrogens with zero attached hydrogens (tertiary/aromatic N) is 1. The number of benzene rings is 2. The third-order valence-electron chi connectivity index (χ3n) is 5.11. The molecule has 0 spiro atoms. The summed E-state index contributed by atoms with van der Waals surface area (Å²) in [6.07, 6.45) is 2.42. The fourth-order valence-corrected chi connectivity index (χ4v) is 5.16. The van der Waals surface area contributed by atoms with Crippen molar-refractivity contribution in [3.05, 3.63) is 53.1 Å². The molecule has 0 aromatic heterocycles. The number of hydrogen-bond acceptors (Lipinski definition) is 4. The summed E-state index contributed by atoms with van der Waals surface area (Å²) in [6.45, 7) is 11.3. The van der Waals surface area contributed by atoms with Crippen molar-refractivity contribution in [2.45, 2.75) is 57.9 Å². The number of hydrogen-bond donors (Lipinski definition) is 2. The van der Waals surface area contributed by atoms with Gasteiger partial charge in [0, 0.05) is 35.6 Å². The molecule has 7 heteroatoms. The van der Waals surface area contributed by atoms with Crippen LogP contribution in [0.4, 0.5) is 11.4 Å². The summed E-state index contributed by atoms with van der Waals surface area (Å²) < 4.78 is 27.9. The zero-order valence-corrected chi connectivity index (χ0v) is 19.2. The van der Waals surface area contributed by atoms with Gasteiger partial charge in [0.05, 0.1) is 4.90 Å². The first kappa shape index (κ1) is 22.3. The van der Waals surface area contributed by atoms with E-state index in [1.807, 2.05) is 25.1 Å². The predicted molar refractivity (Wildman–Crippen MR) is 122 cm³/mol. The quantitative estimate of drug-likeness (QED) is 0.745. The van der Waals surface area contributed by atoms with Crippen LogP contribution in [0.15, 0.2) is 41.3 Å². The second-order valence-electron chi connectivity index (χ2n) is 8.98. The number of carbonyl (C=O) groups excluding carboxylic acids is 1. The Kier molecular flexibility index (Phi) is 6.24. The van der Waals surface area contributed by atoms with Crippen LogP contribution in [0, 0.1) is 13.8 Å². The van der Waals surface area contributed by atoms with Crippen LogP contribution < -0.4 is 14.9 Å². The van der Waals surface area contributed by atoms with Gasteiger partial charge in [0.15, 0.2) is 0 Å². The molecule has 0 atom stereocenters. The molecule has 1 fully saturated rings. The van der Waals surface area contributed by atoms with E-state index in [4.69, 9.17) is 0 Å². The Labute approximate surface area is 179 Å². The van der Waals surface area contributed by atoms with Crippen LogP contribution in [-0.2, 0) is 10.0 Å². The number of aryl methyl sites for hydroxylation is 2. The first-order valence-electron chi connectivity index (χ1n) is 10.3. The zero-order chi connectivity index (χ0) is 22.1. The van der Waals surface area contributed by atoms with Gasteiger partial charge in [-0.2, -0.15) is 0 Å². The van der Waals surface area contributed by atoms with E-state index in [9.17, 15) is 13.2 Å². The first-order valence-corrected chi connectivity index (χ1v) is 11.8. The molecule has 1 saturated heterocycles. The maximum Gasteiger partial charge on any atom is 0.255 e. The largest absolute Gasteiger partial charge is 0.371 e. The van der Waals surface area contributed by atoms with Crippen molar-refractivity contribution in [2.24, 2.45) is 0 Å². The monoisotopic (exact) mass is 429 g/mol. The Morgan fingerprint density at radius 1 is 0.967 bits per heavy atom. The van der Waals surface area contributed by atoms with E-state index in [0.717, 1.165) is 18.7 Å². The molecular formula is C23H31N3O3S. The molecular weight excluding hydrogens is 398 g/mol. The predicted octanol–water partition coefficient (Wildman–Crippen LogP) is 4.23. The van der Waals surface area contributed by atoms with E-state index in [2.05, 4.69) is 14.9 Å². The lowest BCUT2D eigenvalue weighted by Crippen LogP contribution is -2.40. The lowest BCUT2D eigenvalue weighted by molar-refractivity contribution is 0.102. The Hall–Kier alpha value is -2.38. The normalized spacial score (nSPS) is 14.8. The molecule has 30 heavy (non-hydrogen) atoms. The summed E-state index contributed by atoms with van der Waals surface area (Å²) in [7, 11) is -3.72. The summed E-state index contributed by atoms with van der Waals surface area (Å²) >= 11 is 0. The molecule has 1 heterocycles. The van der Waals surface area contributed by atoms with Crippen LogP contribution in [0.1, 0.15) is 55.1 Å². The maximum absolute atomic E-state index is 12.9. The number of sulfonamides is 1. The summed E-state index contributed by atoms with van der Waals surface area (Å²) in [4.78, 5) is 15.4. The smallest absolute Gasteiger partial charge is 0.255 e. The van der Waals surface area contributed by atoms with Gasteiger partial charge in [0.25, 0.3) is 5.91 Å². The van der Waals surface area contributed by atoms with Gasteiger partial charge in [-0.3, -0.25) is 4.79 Å². The minimum Gasteiger partial charge on any atom is -0.371 e. The zero-order valence-electron chi connectivity index (χ0n) is 18.4. The van der Waals surface area contributed by atoms with Crippen LogP contribution in [0.3, 0.4) is 0 Å². The highest BCUT2D eigenvalue weighted by Crippen LogP contribution is 2.27. The Morgan fingerprint density at radius 3 is 2.23 bits per heavy atom. The highest BCUT2D eigenvalue weighted by Gasteiger charge is 2.23. The number of nitrogens with one attached hydrogen (secondary N) is 2. The SMILES string of the molecule is Cc1ccc(S(=O)(=O)NC(C)(C)C)cc1C(=O)Nc1ccc(N2CCCC2)c(C)c1. The van der Waals surface area contributed by atoms with Crippen molar-refractivity contribution in [1.29, 1.82) is 0 Å². The van der Waals surface area contributed by atoms with Crippen molar-refractivity contribution >= 4 is 27.3 Å². The van der Waals surface area contributed by atoms with Gasteiger partial charge in [-0.25, -0.2) is 13.1 Å². The van der Waals surface area contributed by atoms with Gasteiger partial charge < -0.3 is 10.2 Å². The van der Waals surface area contributed by atoms with Crippen molar-refractivity contribution in [2.75, 3.05) is 23.3 Å². The number of rotatable bonds is 5. The van der Waals surface area contributed by atoms with Gasteiger partial charge >= 0.3 is 0 Å². The molecule has 0 saturated carbocycles. The Bertz CT molecular complexity index is 1050. The molecule has 1 aliphatic rings. The van der Waals surface area contributed by atoms with Crippen LogP contribution in [0.2, 0.25) is 0 Å². The minimum atomic E-state index is -3.72. The van der Waals surface area contributed by atoms with Crippen molar-refractivity contribution in [3.63, 3.8) is 0 Å². The first-order chi connectivity index (χ1) is 14.0. The van der Waals surface area contributed by atoms with E-state index < -0.39 is 15.6 Å². The lowest BCUT2D eigenvalue weighted by atomic mass is 10.1. The van der Waals surface area contributed by atoms with Crippen molar-refractivity contribution in [3.8, 4) is 0 Å². The standard InChI is InChI=1S/C23H31N3O3S/c1-16-8-10-19(30(28,29)25-23(3,4)5)15-20(16)22(27)24-18-9-11-21(17(2)14-18)26-12-6-7-13-26/h8-11,14-15,25H,6-7,12-13H2,1-5H3,(H,24,27). The van der Waals surface area contributed by atoms with Gasteiger partial charge in [0.2, 0.25) is 10.0 Å². The molecule has 0 bridgehead atoms. The average molecular weight is 430 g/mol. The van der Waals surface area contributed by atoms with Crippen molar-refractivity contribution < 1.29 is 13.2 Å². The van der Waals surface area contributed by atoms with Crippen LogP contribution in [0.25, 0.3) is 0 Å². The Morgan fingerprint density at radius 2 is 1.63 bits per heavy atom. The van der Waals surface area contributed by atoms with E-state index in [0.29, 0.717) is 16.8 Å². The number of amides is 1. The Balaban J connectivity index is 1.82. The van der Waals surface area contributed by atoms with Gasteiger partial charge in [-0.15, -0.1) is 0 Å². The molecule has 0 unspecified atom stereocenters. The van der Waals surface area contributed by atoms with E-state index in [1.54, 1.807) is 33.8 Å². The summed E-state index contributed by atoms with van der Waals surface area (Å²) in [5.41, 5.74) is 3.45. The molecule has 3 rings (SSSR count). The summed E-state index contributed by atoms with van der Waals surface area (Å²) in [5.74, 6) is -0.325. The van der Waals surface area contributed by atoms with Crippen LogP contribution in [0.5, 0.6) is 0 Å². The second kappa shape index (κ2) is 8.40. The maximum atomic E-state index is 12.9. The molecule has 1 aliphatic heterocycles. The fraction of sp³-hybridized carbons (Fsp3) is 0.435. The van der Waals surface area contributed by atoms with Crippen LogP contribution >= 0.6 is 0 Å². The van der Waals surface area contributed by atoms with E-state index >= 15 is 0 Å². The molecule has 2 aromatic rings. The number of anilines is 2.